The molecule has 1 aliphatic rings. The molecule has 0 aliphatic carbocycles. The second-order valence-electron chi connectivity index (χ2n) is 3.06. The van der Waals surface area contributed by atoms with Gasteiger partial charge in [0.2, 0.25) is 0 Å². The maximum absolute atomic E-state index is 10.9. The smallest absolute Gasteiger partial charge is 0.272 e. The number of ether oxygens (including phenoxy) is 1. The van der Waals surface area contributed by atoms with Crippen LogP contribution >= 0.6 is 0 Å². The molecule has 0 aromatic heterocycles. The molecular formula is C7H13NO3. The minimum Gasteiger partial charge on any atom is -0.369 e. The molecule has 1 saturated heterocycles. The second-order valence-corrected chi connectivity index (χ2v) is 3.06. The molecule has 0 radical (unpaired) electrons. The van der Waals surface area contributed by atoms with Crippen LogP contribution in [0.5, 0.6) is 0 Å². The van der Waals surface area contributed by atoms with Crippen molar-refractivity contribution in [3.05, 3.63) is 0 Å². The van der Waals surface area contributed by atoms with E-state index < -0.39 is 0 Å². The minimum absolute atomic E-state index is 0.000278. The lowest BCUT2D eigenvalue weighted by atomic mass is 10.0. The summed E-state index contributed by atoms with van der Waals surface area (Å²) in [5.41, 5.74) is 0. The summed E-state index contributed by atoms with van der Waals surface area (Å²) in [6, 6.07) is -0.184. The molecule has 0 bridgehead atoms. The van der Waals surface area contributed by atoms with Crippen LogP contribution in [0, 0.1) is 5.92 Å². The van der Waals surface area contributed by atoms with Gasteiger partial charge >= 0.3 is 0 Å². The van der Waals surface area contributed by atoms with Gasteiger partial charge in [-0.2, -0.15) is 0 Å². The van der Waals surface area contributed by atoms with Crippen LogP contribution in [-0.4, -0.2) is 35.4 Å². The van der Waals surface area contributed by atoms with Crippen molar-refractivity contribution in [2.24, 2.45) is 5.92 Å². The third-order valence-corrected chi connectivity index (χ3v) is 1.85. The van der Waals surface area contributed by atoms with E-state index in [1.165, 1.54) is 0 Å². The lowest BCUT2D eigenvalue weighted by Crippen LogP contribution is -2.49. The quantitative estimate of drug-likeness (QED) is 0.558. The highest BCUT2D eigenvalue weighted by Crippen LogP contribution is 2.13. The third-order valence-electron chi connectivity index (χ3n) is 1.85. The van der Waals surface area contributed by atoms with Crippen molar-refractivity contribution < 1.29 is 14.7 Å². The predicted octanol–water partition coefficient (Wildman–Crippen LogP) is 0.259. The normalized spacial score (nSPS) is 26.4. The zero-order valence-electron chi connectivity index (χ0n) is 6.78. The molecule has 1 atom stereocenters. The molecule has 1 amide bonds. The van der Waals surface area contributed by atoms with E-state index in [2.05, 4.69) is 0 Å². The molecule has 1 aliphatic heterocycles. The van der Waals surface area contributed by atoms with Crippen molar-refractivity contribution in [1.29, 1.82) is 0 Å². The Labute approximate surface area is 65.7 Å². The van der Waals surface area contributed by atoms with Crippen molar-refractivity contribution in [2.45, 2.75) is 19.9 Å². The van der Waals surface area contributed by atoms with Crippen molar-refractivity contribution >= 4 is 5.91 Å². The van der Waals surface area contributed by atoms with E-state index in [1.807, 2.05) is 13.8 Å². The fourth-order valence-electron chi connectivity index (χ4n) is 1.06. The van der Waals surface area contributed by atoms with Crippen LogP contribution in [0.15, 0.2) is 0 Å². The topological polar surface area (TPSA) is 49.8 Å². The van der Waals surface area contributed by atoms with E-state index in [-0.39, 0.29) is 24.5 Å². The zero-order valence-corrected chi connectivity index (χ0v) is 6.78. The van der Waals surface area contributed by atoms with Crippen LogP contribution in [0.3, 0.4) is 0 Å². The van der Waals surface area contributed by atoms with Gasteiger partial charge in [-0.3, -0.25) is 10.0 Å². The molecule has 1 heterocycles. The van der Waals surface area contributed by atoms with Gasteiger partial charge in [-0.1, -0.05) is 13.8 Å². The maximum Gasteiger partial charge on any atom is 0.272 e. The zero-order chi connectivity index (χ0) is 8.43. The molecule has 4 heteroatoms. The average molecular weight is 159 g/mol. The van der Waals surface area contributed by atoms with E-state index in [9.17, 15) is 10.0 Å². The fraction of sp³-hybridized carbons (Fsp3) is 0.857. The Bertz CT molecular complexity index is 158. The van der Waals surface area contributed by atoms with Crippen molar-refractivity contribution in [2.75, 3.05) is 13.2 Å². The van der Waals surface area contributed by atoms with Gasteiger partial charge in [0, 0.05) is 0 Å². The highest BCUT2D eigenvalue weighted by atomic mass is 16.6. The largest absolute Gasteiger partial charge is 0.369 e. The predicted molar refractivity (Wildman–Crippen MR) is 38.1 cm³/mol. The number of hydroxylamine groups is 2. The monoisotopic (exact) mass is 159 g/mol. The Morgan fingerprint density at radius 1 is 1.73 bits per heavy atom. The Morgan fingerprint density at radius 2 is 2.36 bits per heavy atom. The number of carbonyl (C=O) groups is 1. The van der Waals surface area contributed by atoms with E-state index >= 15 is 0 Å². The van der Waals surface area contributed by atoms with Gasteiger partial charge in [-0.05, 0) is 5.92 Å². The van der Waals surface area contributed by atoms with Crippen LogP contribution in [-0.2, 0) is 9.53 Å². The van der Waals surface area contributed by atoms with Gasteiger partial charge in [0.15, 0.2) is 0 Å². The van der Waals surface area contributed by atoms with Crippen LogP contribution < -0.4 is 0 Å². The molecule has 0 unspecified atom stereocenters. The number of morpholine rings is 1. The van der Waals surface area contributed by atoms with Gasteiger partial charge in [0.1, 0.15) is 6.61 Å². The molecule has 0 aromatic rings. The van der Waals surface area contributed by atoms with E-state index in [0.29, 0.717) is 6.61 Å². The van der Waals surface area contributed by atoms with Gasteiger partial charge in [0.05, 0.1) is 12.6 Å². The highest BCUT2D eigenvalue weighted by Gasteiger charge is 2.29. The van der Waals surface area contributed by atoms with Crippen LogP contribution in [0.4, 0.5) is 0 Å². The van der Waals surface area contributed by atoms with Crippen LogP contribution in [0.25, 0.3) is 0 Å². The summed E-state index contributed by atoms with van der Waals surface area (Å²) in [6.07, 6.45) is 0. The number of carbonyl (C=O) groups excluding carboxylic acids is 1. The van der Waals surface area contributed by atoms with Crippen LogP contribution in [0.1, 0.15) is 13.8 Å². The number of hydrogen-bond acceptors (Lipinski definition) is 3. The van der Waals surface area contributed by atoms with Gasteiger partial charge in [-0.15, -0.1) is 0 Å². The summed E-state index contributed by atoms with van der Waals surface area (Å²) in [5, 5.41) is 10.00. The lowest BCUT2D eigenvalue weighted by molar-refractivity contribution is -0.205. The lowest BCUT2D eigenvalue weighted by Gasteiger charge is -2.32. The molecule has 1 fully saturated rings. The summed E-state index contributed by atoms with van der Waals surface area (Å²) in [7, 11) is 0. The molecule has 1 rings (SSSR count). The van der Waals surface area contributed by atoms with Gasteiger partial charge in [-0.25, -0.2) is 5.06 Å². The minimum atomic E-state index is -0.352. The molecule has 0 aromatic carbocycles. The number of hydrogen-bond donors (Lipinski definition) is 1. The fourth-order valence-corrected chi connectivity index (χ4v) is 1.06. The SMILES string of the molecule is CC(C)[C@H]1COCC(=O)N1O. The third kappa shape index (κ3) is 1.70. The Kier molecular flexibility index (Phi) is 2.46. The summed E-state index contributed by atoms with van der Waals surface area (Å²) >= 11 is 0. The Hall–Kier alpha value is -0.610. The van der Waals surface area contributed by atoms with Crippen molar-refractivity contribution in [3.63, 3.8) is 0 Å². The highest BCUT2D eigenvalue weighted by molar-refractivity contribution is 5.77. The summed E-state index contributed by atoms with van der Waals surface area (Å²) < 4.78 is 4.97. The van der Waals surface area contributed by atoms with E-state index in [1.54, 1.807) is 0 Å². The molecule has 11 heavy (non-hydrogen) atoms. The second kappa shape index (κ2) is 3.19. The maximum atomic E-state index is 10.9. The molecular weight excluding hydrogens is 146 g/mol. The molecule has 0 spiro atoms. The summed E-state index contributed by atoms with van der Waals surface area (Å²) in [5.74, 6) is -0.126. The number of amides is 1. The molecule has 4 nitrogen and oxygen atoms in total. The van der Waals surface area contributed by atoms with Crippen LogP contribution in [0.2, 0.25) is 0 Å². The average Bonchev–Trinajstić information content (AvgIpc) is 1.94. The summed E-state index contributed by atoms with van der Waals surface area (Å²) in [6.45, 7) is 4.31. The summed E-state index contributed by atoms with van der Waals surface area (Å²) in [4.78, 5) is 10.9. The number of nitrogens with zero attached hydrogens (tertiary/aromatic N) is 1. The number of rotatable bonds is 1. The molecule has 0 saturated carbocycles. The van der Waals surface area contributed by atoms with Gasteiger partial charge in [0.25, 0.3) is 5.91 Å². The van der Waals surface area contributed by atoms with E-state index in [4.69, 9.17) is 4.74 Å². The Balaban J connectivity index is 2.58. The first kappa shape index (κ1) is 8.49. The molecule has 64 valence electrons. The van der Waals surface area contributed by atoms with Crippen molar-refractivity contribution in [1.82, 2.24) is 5.06 Å². The van der Waals surface area contributed by atoms with E-state index in [0.717, 1.165) is 5.06 Å². The standard InChI is InChI=1S/C7H13NO3/c1-5(2)6-3-11-4-7(9)8(6)10/h5-6,10H,3-4H2,1-2H3/t6-/m1/s1. The molecule has 1 N–H and O–H groups in total. The first-order valence-corrected chi connectivity index (χ1v) is 3.71. The van der Waals surface area contributed by atoms with Crippen molar-refractivity contribution in [3.8, 4) is 0 Å². The first-order valence-electron chi connectivity index (χ1n) is 3.71. The first-order chi connectivity index (χ1) is 5.13. The van der Waals surface area contributed by atoms with Gasteiger partial charge < -0.3 is 4.74 Å². The Morgan fingerprint density at radius 3 is 2.82 bits per heavy atom.